The summed E-state index contributed by atoms with van der Waals surface area (Å²) in [6, 6.07) is 2.53. The van der Waals surface area contributed by atoms with Crippen LogP contribution in [0.15, 0.2) is 41.3 Å². The van der Waals surface area contributed by atoms with E-state index in [2.05, 4.69) is 10.4 Å². The van der Waals surface area contributed by atoms with Crippen molar-refractivity contribution in [2.24, 2.45) is 0 Å². The maximum atomic E-state index is 12.8. The van der Waals surface area contributed by atoms with Crippen LogP contribution in [0.2, 0.25) is 0 Å². The predicted octanol–water partition coefficient (Wildman–Crippen LogP) is 3.49. The van der Waals surface area contributed by atoms with Crippen LogP contribution in [0.1, 0.15) is 17.5 Å². The lowest BCUT2D eigenvalue weighted by Gasteiger charge is -2.15. The molecular weight excluding hydrogens is 394 g/mol. The van der Waals surface area contributed by atoms with Crippen LogP contribution in [0, 0.1) is 0 Å². The largest absolute Gasteiger partial charge is 0.416 e. The number of urea groups is 1. The van der Waals surface area contributed by atoms with Crippen LogP contribution in [0.5, 0.6) is 0 Å². The van der Waals surface area contributed by atoms with Crippen LogP contribution in [0.3, 0.4) is 0 Å². The Morgan fingerprint density at radius 1 is 1.04 bits per heavy atom. The van der Waals surface area contributed by atoms with Crippen molar-refractivity contribution in [3.8, 4) is 0 Å². The summed E-state index contributed by atoms with van der Waals surface area (Å²) < 4.78 is 77.9. The minimum atomic E-state index is -5.01. The molecule has 0 aliphatic rings. The quantitative estimate of drug-likeness (QED) is 0.588. The molecule has 0 aliphatic heterocycles. The number of halogens is 6. The number of hydrogen-bond acceptors (Lipinski definition) is 3. The Morgan fingerprint density at radius 3 is 2.18 bits per heavy atom. The van der Waals surface area contributed by atoms with Gasteiger partial charge in [-0.25, -0.2) is 9.48 Å². The van der Waals surface area contributed by atoms with Crippen molar-refractivity contribution in [3.05, 3.63) is 58.0 Å². The summed E-state index contributed by atoms with van der Waals surface area (Å²) in [7, 11) is 0. The van der Waals surface area contributed by atoms with Crippen LogP contribution >= 0.6 is 0 Å². The zero-order valence-electron chi connectivity index (χ0n) is 14.1. The molecule has 12 heteroatoms. The van der Waals surface area contributed by atoms with Gasteiger partial charge in [-0.1, -0.05) is 0 Å². The molecule has 28 heavy (non-hydrogen) atoms. The molecule has 0 aliphatic carbocycles. The number of alkyl halides is 6. The van der Waals surface area contributed by atoms with Crippen molar-refractivity contribution in [3.63, 3.8) is 0 Å². The molecule has 2 aromatic rings. The fraction of sp³-hybridized carbons (Fsp3) is 0.312. The first-order chi connectivity index (χ1) is 13.0. The highest BCUT2D eigenvalue weighted by Gasteiger charge is 2.37. The molecule has 2 rings (SSSR count). The van der Waals surface area contributed by atoms with Crippen molar-refractivity contribution < 1.29 is 31.1 Å². The smallest absolute Gasteiger partial charge is 0.338 e. The van der Waals surface area contributed by atoms with Gasteiger partial charge in [-0.15, -0.1) is 0 Å². The predicted molar refractivity (Wildman–Crippen MR) is 86.6 cm³/mol. The highest BCUT2D eigenvalue weighted by molar-refractivity contribution is 5.89. The Kier molecular flexibility index (Phi) is 6.31. The molecule has 1 aromatic carbocycles. The van der Waals surface area contributed by atoms with Crippen LogP contribution < -0.4 is 16.2 Å². The summed E-state index contributed by atoms with van der Waals surface area (Å²) in [5.41, 5.74) is -4.07. The summed E-state index contributed by atoms with van der Waals surface area (Å²) in [6.45, 7) is 0.182. The Labute approximate surface area is 154 Å². The Hall–Kier alpha value is -3.05. The maximum Gasteiger partial charge on any atom is 0.416 e. The number of hydrogen-bond donors (Lipinski definition) is 2. The summed E-state index contributed by atoms with van der Waals surface area (Å²) in [6.07, 6.45) is -8.36. The molecule has 1 aromatic heterocycles. The fourth-order valence-electron chi connectivity index (χ4n) is 2.19. The van der Waals surface area contributed by atoms with Gasteiger partial charge >= 0.3 is 18.4 Å². The molecule has 0 saturated carbocycles. The van der Waals surface area contributed by atoms with Crippen molar-refractivity contribution in [1.82, 2.24) is 15.1 Å². The number of nitrogens with one attached hydrogen (secondary N) is 2. The summed E-state index contributed by atoms with van der Waals surface area (Å²) >= 11 is 0. The molecule has 0 spiro atoms. The second-order valence-electron chi connectivity index (χ2n) is 5.61. The topological polar surface area (TPSA) is 76.0 Å². The third-order valence-electron chi connectivity index (χ3n) is 3.46. The first-order valence-corrected chi connectivity index (χ1v) is 7.83. The van der Waals surface area contributed by atoms with E-state index in [1.807, 2.05) is 5.32 Å². The molecule has 0 fully saturated rings. The van der Waals surface area contributed by atoms with Crippen LogP contribution in [-0.2, 0) is 18.9 Å². The second-order valence-corrected chi connectivity index (χ2v) is 5.61. The first-order valence-electron chi connectivity index (χ1n) is 7.83. The van der Waals surface area contributed by atoms with E-state index in [4.69, 9.17) is 0 Å². The van der Waals surface area contributed by atoms with Crippen molar-refractivity contribution in [1.29, 1.82) is 0 Å². The Bertz CT molecular complexity index is 859. The molecule has 2 N–H and O–H groups in total. The zero-order valence-corrected chi connectivity index (χ0v) is 14.1. The van der Waals surface area contributed by atoms with Gasteiger partial charge in [-0.2, -0.15) is 31.4 Å². The minimum absolute atomic E-state index is 0.0138. The average Bonchev–Trinajstić information content (AvgIpc) is 2.58. The van der Waals surface area contributed by atoms with E-state index in [-0.39, 0.29) is 31.1 Å². The molecule has 1 heterocycles. The van der Waals surface area contributed by atoms with Gasteiger partial charge in [-0.3, -0.25) is 4.79 Å². The lowest BCUT2D eigenvalue weighted by Crippen LogP contribution is -2.31. The standard InChI is InChI=1S/C16H14F6N4O2/c17-15(18,19)10-7-11(16(20,21)22)9-12(8-10)25-14(28)23-4-2-6-26-13(27)3-1-5-24-26/h1,3,5,7-9H,2,4,6H2,(H2,23,25,28). The van der Waals surface area contributed by atoms with Gasteiger partial charge in [0.05, 0.1) is 11.1 Å². The number of rotatable bonds is 5. The average molecular weight is 408 g/mol. The molecule has 0 atom stereocenters. The number of anilines is 1. The molecule has 0 unspecified atom stereocenters. The summed E-state index contributed by atoms with van der Waals surface area (Å²) in [5, 5.41) is 8.02. The summed E-state index contributed by atoms with van der Waals surface area (Å²) in [5.74, 6) is 0. The Morgan fingerprint density at radius 2 is 1.64 bits per heavy atom. The minimum Gasteiger partial charge on any atom is -0.338 e. The number of aromatic nitrogens is 2. The lowest BCUT2D eigenvalue weighted by molar-refractivity contribution is -0.143. The van der Waals surface area contributed by atoms with E-state index < -0.39 is 35.2 Å². The normalized spacial score (nSPS) is 11.9. The van der Waals surface area contributed by atoms with Crippen LogP contribution in [-0.4, -0.2) is 22.4 Å². The van der Waals surface area contributed by atoms with Gasteiger partial charge in [0.1, 0.15) is 0 Å². The second kappa shape index (κ2) is 8.31. The molecule has 2 amide bonds. The van der Waals surface area contributed by atoms with Gasteiger partial charge in [0.2, 0.25) is 0 Å². The van der Waals surface area contributed by atoms with Crippen molar-refractivity contribution in [2.45, 2.75) is 25.3 Å². The first kappa shape index (κ1) is 21.3. The van der Waals surface area contributed by atoms with Gasteiger partial charge in [0, 0.05) is 31.0 Å². The molecule has 6 nitrogen and oxygen atoms in total. The third kappa shape index (κ3) is 5.99. The van der Waals surface area contributed by atoms with Gasteiger partial charge in [0.15, 0.2) is 0 Å². The molecule has 0 saturated heterocycles. The number of aryl methyl sites for hydroxylation is 1. The van der Waals surface area contributed by atoms with Crippen LogP contribution in [0.4, 0.5) is 36.8 Å². The van der Waals surface area contributed by atoms with E-state index >= 15 is 0 Å². The molecular formula is C16H14F6N4O2. The van der Waals surface area contributed by atoms with Crippen molar-refractivity contribution in [2.75, 3.05) is 11.9 Å². The SMILES string of the molecule is O=C(NCCCn1ncccc1=O)Nc1cc(C(F)(F)F)cc(C(F)(F)F)c1. The number of carbonyl (C=O) groups is 1. The molecule has 152 valence electrons. The lowest BCUT2D eigenvalue weighted by atomic mass is 10.1. The monoisotopic (exact) mass is 408 g/mol. The van der Waals surface area contributed by atoms with E-state index in [0.717, 1.165) is 4.68 Å². The van der Waals surface area contributed by atoms with Gasteiger partial charge in [-0.05, 0) is 30.7 Å². The molecule has 0 bridgehead atoms. The Balaban J connectivity index is 1.99. The fourth-order valence-corrected chi connectivity index (χ4v) is 2.19. The zero-order chi connectivity index (χ0) is 20.9. The van der Waals surface area contributed by atoms with E-state index in [9.17, 15) is 35.9 Å². The summed E-state index contributed by atoms with van der Waals surface area (Å²) in [4.78, 5) is 23.2. The van der Waals surface area contributed by atoms with E-state index in [0.29, 0.717) is 12.1 Å². The van der Waals surface area contributed by atoms with E-state index in [1.165, 1.54) is 18.3 Å². The number of nitrogens with zero attached hydrogens (tertiary/aromatic N) is 2. The highest BCUT2D eigenvalue weighted by Crippen LogP contribution is 2.37. The van der Waals surface area contributed by atoms with Crippen molar-refractivity contribution >= 4 is 11.7 Å². The van der Waals surface area contributed by atoms with Crippen LogP contribution in [0.25, 0.3) is 0 Å². The van der Waals surface area contributed by atoms with Gasteiger partial charge < -0.3 is 10.6 Å². The maximum absolute atomic E-state index is 12.8. The van der Waals surface area contributed by atoms with Gasteiger partial charge in [0.25, 0.3) is 5.56 Å². The highest BCUT2D eigenvalue weighted by atomic mass is 19.4. The van der Waals surface area contributed by atoms with E-state index in [1.54, 1.807) is 0 Å². The molecule has 0 radical (unpaired) electrons. The number of carbonyl (C=O) groups excluding carboxylic acids is 1. The number of benzene rings is 1. The third-order valence-corrected chi connectivity index (χ3v) is 3.46. The number of amides is 2.